The summed E-state index contributed by atoms with van der Waals surface area (Å²) in [5.41, 5.74) is 1.24. The highest BCUT2D eigenvalue weighted by molar-refractivity contribution is 7.81. The van der Waals surface area contributed by atoms with Gasteiger partial charge in [0.15, 0.2) is 0 Å². The Morgan fingerprint density at radius 2 is 2.11 bits per heavy atom. The van der Waals surface area contributed by atoms with Crippen LogP contribution in [0.25, 0.3) is 0 Å². The van der Waals surface area contributed by atoms with E-state index in [2.05, 4.69) is 20.9 Å². The SMILES string of the molecule is SC1(c2cccnc2)CCCN1CCN1CCC1. The number of aromatic nitrogens is 1. The van der Waals surface area contributed by atoms with Crippen molar-refractivity contribution in [1.82, 2.24) is 14.8 Å². The Hall–Kier alpha value is -0.580. The molecular weight excluding hydrogens is 242 g/mol. The Morgan fingerprint density at radius 1 is 1.22 bits per heavy atom. The molecule has 0 aromatic carbocycles. The van der Waals surface area contributed by atoms with Crippen LogP contribution in [0.1, 0.15) is 24.8 Å². The Balaban J connectivity index is 1.69. The van der Waals surface area contributed by atoms with Crippen molar-refractivity contribution in [2.45, 2.75) is 24.1 Å². The largest absolute Gasteiger partial charge is 0.302 e. The third-order valence-electron chi connectivity index (χ3n) is 4.24. The lowest BCUT2D eigenvalue weighted by Gasteiger charge is -2.38. The van der Waals surface area contributed by atoms with Crippen LogP contribution in [0.5, 0.6) is 0 Å². The fourth-order valence-electron chi connectivity index (χ4n) is 2.95. The van der Waals surface area contributed by atoms with Gasteiger partial charge in [0, 0.05) is 31.0 Å². The van der Waals surface area contributed by atoms with Crippen LogP contribution in [0, 0.1) is 0 Å². The van der Waals surface area contributed by atoms with Gasteiger partial charge < -0.3 is 4.90 Å². The minimum absolute atomic E-state index is 0.0981. The lowest BCUT2D eigenvalue weighted by molar-refractivity contribution is 0.135. The number of hydrogen-bond acceptors (Lipinski definition) is 4. The fourth-order valence-corrected chi connectivity index (χ4v) is 3.44. The van der Waals surface area contributed by atoms with Crippen LogP contribution in [0.15, 0.2) is 24.5 Å². The highest BCUT2D eigenvalue weighted by Gasteiger charge is 2.39. The Bertz CT molecular complexity index is 393. The first-order valence-electron chi connectivity index (χ1n) is 6.89. The van der Waals surface area contributed by atoms with Crippen LogP contribution in [0.3, 0.4) is 0 Å². The van der Waals surface area contributed by atoms with Crippen molar-refractivity contribution in [3.63, 3.8) is 0 Å². The van der Waals surface area contributed by atoms with Gasteiger partial charge in [0.2, 0.25) is 0 Å². The Labute approximate surface area is 115 Å². The van der Waals surface area contributed by atoms with Crippen LogP contribution in [0.4, 0.5) is 0 Å². The zero-order valence-electron chi connectivity index (χ0n) is 10.8. The number of thiol groups is 1. The Kier molecular flexibility index (Phi) is 3.59. The van der Waals surface area contributed by atoms with Gasteiger partial charge in [-0.05, 0) is 45.0 Å². The second kappa shape index (κ2) is 5.19. The highest BCUT2D eigenvalue weighted by atomic mass is 32.1. The molecule has 0 spiro atoms. The van der Waals surface area contributed by atoms with E-state index in [1.165, 1.54) is 38.0 Å². The number of likely N-dealkylation sites (tertiary alicyclic amines) is 2. The van der Waals surface area contributed by atoms with E-state index < -0.39 is 0 Å². The van der Waals surface area contributed by atoms with Gasteiger partial charge in [-0.15, -0.1) is 0 Å². The van der Waals surface area contributed by atoms with Crippen LogP contribution in [-0.4, -0.2) is 47.5 Å². The van der Waals surface area contributed by atoms with Gasteiger partial charge in [0.05, 0.1) is 4.87 Å². The third-order valence-corrected chi connectivity index (χ3v) is 5.00. The van der Waals surface area contributed by atoms with E-state index >= 15 is 0 Å². The lowest BCUT2D eigenvalue weighted by atomic mass is 10.1. The fraction of sp³-hybridized carbons (Fsp3) is 0.643. The minimum atomic E-state index is -0.0981. The Morgan fingerprint density at radius 3 is 2.78 bits per heavy atom. The van der Waals surface area contributed by atoms with Gasteiger partial charge in [-0.3, -0.25) is 9.88 Å². The van der Waals surface area contributed by atoms with Gasteiger partial charge in [-0.2, -0.15) is 12.6 Å². The third kappa shape index (κ3) is 2.29. The van der Waals surface area contributed by atoms with Gasteiger partial charge in [-0.25, -0.2) is 0 Å². The predicted octanol–water partition coefficient (Wildman–Crippen LogP) is 1.97. The first-order valence-corrected chi connectivity index (χ1v) is 7.34. The molecule has 1 unspecified atom stereocenters. The van der Waals surface area contributed by atoms with E-state index in [0.717, 1.165) is 19.5 Å². The summed E-state index contributed by atoms with van der Waals surface area (Å²) in [4.78, 5) is 9.19. The molecule has 98 valence electrons. The monoisotopic (exact) mass is 263 g/mol. The maximum Gasteiger partial charge on any atom is 0.0913 e. The van der Waals surface area contributed by atoms with E-state index in [1.54, 1.807) is 0 Å². The predicted molar refractivity (Wildman–Crippen MR) is 76.8 cm³/mol. The van der Waals surface area contributed by atoms with Gasteiger partial charge >= 0.3 is 0 Å². The van der Waals surface area contributed by atoms with E-state index in [-0.39, 0.29) is 4.87 Å². The number of hydrogen-bond donors (Lipinski definition) is 1. The second-order valence-corrected chi connectivity index (χ2v) is 6.08. The molecule has 1 atom stereocenters. The molecule has 0 N–H and O–H groups in total. The van der Waals surface area contributed by atoms with Gasteiger partial charge in [0.1, 0.15) is 0 Å². The number of nitrogens with zero attached hydrogens (tertiary/aromatic N) is 3. The summed E-state index contributed by atoms with van der Waals surface area (Å²) in [6.07, 6.45) is 7.53. The van der Waals surface area contributed by atoms with E-state index in [9.17, 15) is 0 Å². The summed E-state index contributed by atoms with van der Waals surface area (Å²) in [6, 6.07) is 4.17. The first kappa shape index (κ1) is 12.5. The maximum atomic E-state index is 4.98. The van der Waals surface area contributed by atoms with Crippen LogP contribution in [-0.2, 0) is 4.87 Å². The van der Waals surface area contributed by atoms with Crippen molar-refractivity contribution in [2.24, 2.45) is 0 Å². The molecule has 18 heavy (non-hydrogen) atoms. The van der Waals surface area contributed by atoms with E-state index in [0.29, 0.717) is 0 Å². The summed E-state index contributed by atoms with van der Waals surface area (Å²) in [6.45, 7) is 6.02. The molecule has 2 aliphatic heterocycles. The molecule has 0 amide bonds. The highest BCUT2D eigenvalue weighted by Crippen LogP contribution is 2.41. The van der Waals surface area contributed by atoms with Crippen molar-refractivity contribution >= 4 is 12.6 Å². The molecule has 4 heteroatoms. The van der Waals surface area contributed by atoms with Crippen molar-refractivity contribution in [3.05, 3.63) is 30.1 Å². The van der Waals surface area contributed by atoms with Crippen LogP contribution >= 0.6 is 12.6 Å². The molecule has 0 radical (unpaired) electrons. The second-order valence-electron chi connectivity index (χ2n) is 5.34. The molecule has 0 saturated carbocycles. The molecule has 0 bridgehead atoms. The molecular formula is C14H21N3S. The average Bonchev–Trinajstić information content (AvgIpc) is 2.72. The molecule has 2 fully saturated rings. The molecule has 3 heterocycles. The summed E-state index contributed by atoms with van der Waals surface area (Å²) in [5.74, 6) is 0. The van der Waals surface area contributed by atoms with E-state index in [1.807, 2.05) is 18.5 Å². The average molecular weight is 263 g/mol. The zero-order chi connectivity index (χ0) is 12.4. The molecule has 1 aromatic heterocycles. The first-order chi connectivity index (χ1) is 8.79. The quantitative estimate of drug-likeness (QED) is 0.838. The maximum absolute atomic E-state index is 4.98. The minimum Gasteiger partial charge on any atom is -0.302 e. The lowest BCUT2D eigenvalue weighted by Crippen LogP contribution is -2.45. The van der Waals surface area contributed by atoms with Gasteiger partial charge in [-0.1, -0.05) is 6.07 Å². The van der Waals surface area contributed by atoms with Crippen molar-refractivity contribution < 1.29 is 0 Å². The van der Waals surface area contributed by atoms with Gasteiger partial charge in [0.25, 0.3) is 0 Å². The zero-order valence-corrected chi connectivity index (χ0v) is 11.6. The molecule has 1 aromatic rings. The standard InChI is InChI=1S/C14H21N3S/c18-14(13-4-1-6-15-12-13)5-2-9-17(14)11-10-16-7-3-8-16/h1,4,6,12,18H,2-3,5,7-11H2. The topological polar surface area (TPSA) is 19.4 Å². The molecule has 2 saturated heterocycles. The van der Waals surface area contributed by atoms with Crippen molar-refractivity contribution in [3.8, 4) is 0 Å². The van der Waals surface area contributed by atoms with Crippen molar-refractivity contribution in [2.75, 3.05) is 32.7 Å². The summed E-state index contributed by atoms with van der Waals surface area (Å²) >= 11 is 4.98. The molecule has 3 rings (SSSR count). The molecule has 0 aliphatic carbocycles. The number of rotatable bonds is 4. The smallest absolute Gasteiger partial charge is 0.0913 e. The van der Waals surface area contributed by atoms with Crippen LogP contribution in [0.2, 0.25) is 0 Å². The molecule has 3 nitrogen and oxygen atoms in total. The number of pyridine rings is 1. The summed E-state index contributed by atoms with van der Waals surface area (Å²) in [7, 11) is 0. The normalized spacial score (nSPS) is 29.4. The summed E-state index contributed by atoms with van der Waals surface area (Å²) < 4.78 is 0. The van der Waals surface area contributed by atoms with Crippen molar-refractivity contribution in [1.29, 1.82) is 0 Å². The van der Waals surface area contributed by atoms with E-state index in [4.69, 9.17) is 12.6 Å². The molecule has 2 aliphatic rings. The summed E-state index contributed by atoms with van der Waals surface area (Å²) in [5, 5.41) is 0. The van der Waals surface area contributed by atoms with Crippen LogP contribution < -0.4 is 0 Å².